The predicted octanol–water partition coefficient (Wildman–Crippen LogP) is 1.21. The molecule has 2 rings (SSSR count). The summed E-state index contributed by atoms with van der Waals surface area (Å²) in [5.41, 5.74) is 5.75. The van der Waals surface area contributed by atoms with E-state index in [-0.39, 0.29) is 0 Å². The van der Waals surface area contributed by atoms with Crippen LogP contribution in [0.1, 0.15) is 19.3 Å². The van der Waals surface area contributed by atoms with Crippen molar-refractivity contribution in [1.82, 2.24) is 9.78 Å². The van der Waals surface area contributed by atoms with Gasteiger partial charge in [0, 0.05) is 25.9 Å². The van der Waals surface area contributed by atoms with Gasteiger partial charge < -0.3 is 11.1 Å². The van der Waals surface area contributed by atoms with Crippen molar-refractivity contribution in [3.63, 3.8) is 0 Å². The molecule has 1 aliphatic rings. The normalized spacial score (nSPS) is 25.7. The van der Waals surface area contributed by atoms with Crippen LogP contribution in [0, 0.1) is 11.8 Å². The van der Waals surface area contributed by atoms with E-state index in [9.17, 15) is 0 Å². The second-order valence-electron chi connectivity index (χ2n) is 4.44. The minimum atomic E-state index is 0.709. The molecule has 0 radical (unpaired) electrons. The lowest BCUT2D eigenvalue weighted by Crippen LogP contribution is -2.24. The van der Waals surface area contributed by atoms with Gasteiger partial charge in [0.05, 0.1) is 0 Å². The van der Waals surface area contributed by atoms with Gasteiger partial charge in [-0.05, 0) is 31.2 Å². The lowest BCUT2D eigenvalue weighted by atomic mass is 9.96. The molecule has 0 bridgehead atoms. The molecule has 2 unspecified atom stereocenters. The highest BCUT2D eigenvalue weighted by molar-refractivity contribution is 5.32. The van der Waals surface area contributed by atoms with Gasteiger partial charge in [0.2, 0.25) is 0 Å². The van der Waals surface area contributed by atoms with Gasteiger partial charge in [0.25, 0.3) is 0 Å². The molecule has 1 aromatic rings. The molecule has 3 N–H and O–H groups in total. The third kappa shape index (κ3) is 2.50. The van der Waals surface area contributed by atoms with Crippen LogP contribution in [0.4, 0.5) is 5.82 Å². The van der Waals surface area contributed by atoms with Crippen LogP contribution in [0.15, 0.2) is 12.3 Å². The molecule has 4 nitrogen and oxygen atoms in total. The molecule has 2 atom stereocenters. The maximum Gasteiger partial charge on any atom is 0.147 e. The molecule has 0 saturated heterocycles. The van der Waals surface area contributed by atoms with Gasteiger partial charge >= 0.3 is 0 Å². The number of nitrogens with zero attached hydrogens (tertiary/aromatic N) is 2. The molecular weight excluding hydrogens is 188 g/mol. The van der Waals surface area contributed by atoms with Gasteiger partial charge in [-0.15, -0.1) is 0 Å². The first-order valence-corrected chi connectivity index (χ1v) is 5.73. The second-order valence-corrected chi connectivity index (χ2v) is 4.44. The Bertz CT molecular complexity index is 307. The van der Waals surface area contributed by atoms with Crippen LogP contribution >= 0.6 is 0 Å². The Morgan fingerprint density at radius 1 is 1.53 bits per heavy atom. The topological polar surface area (TPSA) is 55.9 Å². The number of anilines is 1. The molecule has 1 aromatic heterocycles. The zero-order valence-corrected chi connectivity index (χ0v) is 9.32. The van der Waals surface area contributed by atoms with Gasteiger partial charge in [-0.25, -0.2) is 0 Å². The van der Waals surface area contributed by atoms with Crippen molar-refractivity contribution in [3.05, 3.63) is 12.3 Å². The van der Waals surface area contributed by atoms with E-state index in [1.165, 1.54) is 19.3 Å². The van der Waals surface area contributed by atoms with E-state index in [1.807, 2.05) is 24.0 Å². The fourth-order valence-electron chi connectivity index (χ4n) is 2.44. The first-order chi connectivity index (χ1) is 7.29. The maximum atomic E-state index is 5.75. The van der Waals surface area contributed by atoms with Crippen LogP contribution in [0.2, 0.25) is 0 Å². The summed E-state index contributed by atoms with van der Waals surface area (Å²) in [6.45, 7) is 1.84. The van der Waals surface area contributed by atoms with Crippen LogP contribution in [0.25, 0.3) is 0 Å². The minimum absolute atomic E-state index is 0.709. The highest BCUT2D eigenvalue weighted by Crippen LogP contribution is 2.30. The molecule has 1 fully saturated rings. The summed E-state index contributed by atoms with van der Waals surface area (Å²) in [4.78, 5) is 0. The van der Waals surface area contributed by atoms with Crippen molar-refractivity contribution < 1.29 is 0 Å². The Labute approximate surface area is 90.8 Å². The molecule has 15 heavy (non-hydrogen) atoms. The molecule has 84 valence electrons. The Kier molecular flexibility index (Phi) is 3.26. The third-order valence-electron chi connectivity index (χ3n) is 3.38. The smallest absolute Gasteiger partial charge is 0.147 e. The molecule has 0 aliphatic heterocycles. The summed E-state index contributed by atoms with van der Waals surface area (Å²) in [6.07, 6.45) is 5.89. The highest BCUT2D eigenvalue weighted by atomic mass is 15.3. The Morgan fingerprint density at radius 2 is 2.33 bits per heavy atom. The maximum absolute atomic E-state index is 5.75. The van der Waals surface area contributed by atoms with Crippen molar-refractivity contribution in [2.75, 3.05) is 18.4 Å². The molecule has 1 aliphatic carbocycles. The number of aryl methyl sites for hydroxylation is 1. The van der Waals surface area contributed by atoms with E-state index in [0.29, 0.717) is 5.92 Å². The van der Waals surface area contributed by atoms with Gasteiger partial charge in [-0.3, -0.25) is 4.68 Å². The molecule has 0 aromatic carbocycles. The SMILES string of the molecule is Cn1ccc(NCC2CCCC2CN)n1. The van der Waals surface area contributed by atoms with Crippen LogP contribution in [0.5, 0.6) is 0 Å². The summed E-state index contributed by atoms with van der Waals surface area (Å²) in [7, 11) is 1.93. The number of hydrogen-bond donors (Lipinski definition) is 2. The van der Waals surface area contributed by atoms with Crippen molar-refractivity contribution >= 4 is 5.82 Å². The van der Waals surface area contributed by atoms with Gasteiger partial charge in [-0.2, -0.15) is 5.10 Å². The molecular formula is C11H20N4. The van der Waals surface area contributed by atoms with E-state index in [0.717, 1.165) is 24.8 Å². The van der Waals surface area contributed by atoms with Crippen LogP contribution < -0.4 is 11.1 Å². The van der Waals surface area contributed by atoms with Crippen LogP contribution in [-0.2, 0) is 7.05 Å². The second kappa shape index (κ2) is 4.66. The van der Waals surface area contributed by atoms with Gasteiger partial charge in [-0.1, -0.05) is 6.42 Å². The molecule has 1 saturated carbocycles. The first-order valence-electron chi connectivity index (χ1n) is 5.73. The fraction of sp³-hybridized carbons (Fsp3) is 0.727. The van der Waals surface area contributed by atoms with E-state index in [2.05, 4.69) is 10.4 Å². The number of rotatable bonds is 4. The van der Waals surface area contributed by atoms with Crippen molar-refractivity contribution in [1.29, 1.82) is 0 Å². The Balaban J connectivity index is 1.82. The van der Waals surface area contributed by atoms with Crippen LogP contribution in [0.3, 0.4) is 0 Å². The van der Waals surface area contributed by atoms with E-state index >= 15 is 0 Å². The summed E-state index contributed by atoms with van der Waals surface area (Å²) in [5.74, 6) is 2.42. The zero-order valence-electron chi connectivity index (χ0n) is 9.32. The van der Waals surface area contributed by atoms with E-state index in [1.54, 1.807) is 0 Å². The standard InChI is InChI=1S/C11H20N4/c1-15-6-5-11(14-15)13-8-10-4-2-3-9(10)7-12/h5-6,9-10H,2-4,7-8,12H2,1H3,(H,13,14). The average Bonchev–Trinajstić information content (AvgIpc) is 2.83. The van der Waals surface area contributed by atoms with Crippen molar-refractivity contribution in [2.24, 2.45) is 24.6 Å². The largest absolute Gasteiger partial charge is 0.368 e. The average molecular weight is 208 g/mol. The molecule has 4 heteroatoms. The van der Waals surface area contributed by atoms with E-state index in [4.69, 9.17) is 5.73 Å². The first kappa shape index (κ1) is 10.5. The summed E-state index contributed by atoms with van der Waals surface area (Å²) in [6, 6.07) is 2.01. The van der Waals surface area contributed by atoms with Gasteiger partial charge in [0.1, 0.15) is 5.82 Å². The van der Waals surface area contributed by atoms with Crippen LogP contribution in [-0.4, -0.2) is 22.9 Å². The number of aromatic nitrogens is 2. The summed E-state index contributed by atoms with van der Waals surface area (Å²) >= 11 is 0. The molecule has 0 amide bonds. The molecule has 1 heterocycles. The summed E-state index contributed by atoms with van der Waals surface area (Å²) < 4.78 is 1.82. The van der Waals surface area contributed by atoms with Gasteiger partial charge in [0.15, 0.2) is 0 Å². The summed E-state index contributed by atoms with van der Waals surface area (Å²) in [5, 5.41) is 7.68. The third-order valence-corrected chi connectivity index (χ3v) is 3.38. The monoisotopic (exact) mass is 208 g/mol. The lowest BCUT2D eigenvalue weighted by molar-refractivity contribution is 0.414. The van der Waals surface area contributed by atoms with Crippen molar-refractivity contribution in [2.45, 2.75) is 19.3 Å². The number of nitrogens with one attached hydrogen (secondary N) is 1. The number of nitrogens with two attached hydrogens (primary N) is 1. The Hall–Kier alpha value is -1.03. The fourth-order valence-corrected chi connectivity index (χ4v) is 2.44. The lowest BCUT2D eigenvalue weighted by Gasteiger charge is -2.17. The van der Waals surface area contributed by atoms with Crippen molar-refractivity contribution in [3.8, 4) is 0 Å². The number of hydrogen-bond acceptors (Lipinski definition) is 3. The zero-order chi connectivity index (χ0) is 10.7. The Morgan fingerprint density at radius 3 is 3.00 bits per heavy atom. The quantitative estimate of drug-likeness (QED) is 0.782. The minimum Gasteiger partial charge on any atom is -0.368 e. The molecule has 0 spiro atoms. The predicted molar refractivity (Wildman–Crippen MR) is 61.6 cm³/mol. The highest BCUT2D eigenvalue weighted by Gasteiger charge is 2.25. The van der Waals surface area contributed by atoms with E-state index < -0.39 is 0 Å².